The van der Waals surface area contributed by atoms with E-state index in [1.54, 1.807) is 25.1 Å². The third-order valence-corrected chi connectivity index (χ3v) is 13.5. The average molecular weight is 840 g/mol. The highest BCUT2D eigenvalue weighted by molar-refractivity contribution is 7.91. The number of carboxylic acid groups (broad SMARTS) is 1. The Morgan fingerprint density at radius 3 is 2.48 bits per heavy atom. The molecule has 3 heterocycles. The molecule has 0 radical (unpaired) electrons. The predicted octanol–water partition coefficient (Wildman–Crippen LogP) is 5.31. The third kappa shape index (κ3) is 8.41. The topological polar surface area (TPSA) is 185 Å². The lowest BCUT2D eigenvalue weighted by Gasteiger charge is -2.45. The second-order valence-electron chi connectivity index (χ2n) is 16.5. The number of benzene rings is 1. The van der Waals surface area contributed by atoms with Crippen LogP contribution in [0.3, 0.4) is 0 Å². The number of carbonyl (C=O) groups is 4. The number of pyridine rings is 1. The fourth-order valence-corrected chi connectivity index (χ4v) is 9.51. The number of allylic oxidation sites excluding steroid dienone is 1. The number of amides is 4. The Hall–Kier alpha value is -4.68. The van der Waals surface area contributed by atoms with Crippen molar-refractivity contribution in [3.63, 3.8) is 0 Å². The lowest BCUT2D eigenvalue weighted by atomic mass is 9.85. The van der Waals surface area contributed by atoms with Crippen LogP contribution >= 0.6 is 0 Å². The molecule has 4 aliphatic rings. The van der Waals surface area contributed by atoms with Gasteiger partial charge in [0.05, 0.1) is 18.4 Å². The fraction of sp³-hybridized carbons (Fsp3) is 0.615. The molecule has 7 atom stereocenters. The maximum Gasteiger partial charge on any atom is 0.411 e. The number of rotatable bonds is 9. The lowest BCUT2D eigenvalue weighted by molar-refractivity contribution is -0.222. The van der Waals surface area contributed by atoms with Gasteiger partial charge in [-0.1, -0.05) is 26.0 Å². The van der Waals surface area contributed by atoms with Crippen LogP contribution in [0.2, 0.25) is 0 Å². The molecule has 0 bridgehead atoms. The summed E-state index contributed by atoms with van der Waals surface area (Å²) < 4.78 is 98.5. The van der Waals surface area contributed by atoms with E-state index in [0.717, 1.165) is 11.0 Å². The van der Waals surface area contributed by atoms with Crippen molar-refractivity contribution in [3.05, 3.63) is 42.4 Å². The van der Waals surface area contributed by atoms with E-state index >= 15 is 4.39 Å². The number of aromatic nitrogens is 1. The molecule has 0 spiro atoms. The second-order valence-corrected chi connectivity index (χ2v) is 18.4. The largest absolute Gasteiger partial charge is 0.491 e. The number of alkyl halides is 3. The average Bonchev–Trinajstić information content (AvgIpc) is 4.05. The summed E-state index contributed by atoms with van der Waals surface area (Å²) in [7, 11) is -4.05. The normalized spacial score (nSPS) is 28.4. The highest BCUT2D eigenvalue weighted by Gasteiger charge is 2.63. The smallest absolute Gasteiger partial charge is 0.411 e. The van der Waals surface area contributed by atoms with Crippen molar-refractivity contribution in [2.45, 2.75) is 120 Å². The molecule has 19 heteroatoms. The minimum absolute atomic E-state index is 0.0171. The van der Waals surface area contributed by atoms with Gasteiger partial charge in [0.15, 0.2) is 11.6 Å². The van der Waals surface area contributed by atoms with Crippen LogP contribution in [0.15, 0.2) is 36.5 Å². The Morgan fingerprint density at radius 2 is 1.84 bits per heavy atom. The quantitative estimate of drug-likeness (QED) is 0.221. The summed E-state index contributed by atoms with van der Waals surface area (Å²) in [6.45, 7) is 6.10. The van der Waals surface area contributed by atoms with Crippen molar-refractivity contribution in [3.8, 4) is 11.6 Å². The van der Waals surface area contributed by atoms with Gasteiger partial charge in [-0.05, 0) is 94.7 Å². The van der Waals surface area contributed by atoms with E-state index in [-0.39, 0.29) is 53.7 Å². The van der Waals surface area contributed by atoms with E-state index in [1.165, 1.54) is 19.2 Å². The minimum atomic E-state index is -5.12. The number of halogens is 4. The van der Waals surface area contributed by atoms with Crippen LogP contribution in [-0.2, 0) is 24.4 Å². The van der Waals surface area contributed by atoms with E-state index in [1.807, 2.05) is 6.92 Å². The lowest BCUT2D eigenvalue weighted by Crippen LogP contribution is -2.66. The van der Waals surface area contributed by atoms with Crippen LogP contribution in [0.25, 0.3) is 10.8 Å². The molecule has 1 aromatic heterocycles. The van der Waals surface area contributed by atoms with Crippen molar-refractivity contribution in [2.24, 2.45) is 17.8 Å². The van der Waals surface area contributed by atoms with E-state index < -0.39 is 98.7 Å². The van der Waals surface area contributed by atoms with Gasteiger partial charge in [0.25, 0.3) is 5.91 Å². The number of fused-ring (bicyclic) bond motifs is 3. The van der Waals surface area contributed by atoms with Gasteiger partial charge in [-0.3, -0.25) is 24.0 Å². The number of hydrogen-bond donors (Lipinski definition) is 3. The monoisotopic (exact) mass is 839 g/mol. The van der Waals surface area contributed by atoms with Crippen molar-refractivity contribution in [2.75, 3.05) is 13.2 Å². The summed E-state index contributed by atoms with van der Waals surface area (Å²) in [5.74, 6) is -5.64. The zero-order valence-corrected chi connectivity index (χ0v) is 33.7. The molecule has 2 aromatic rings. The number of nitrogens with one attached hydrogen (secondary N) is 2. The van der Waals surface area contributed by atoms with Gasteiger partial charge in [-0.2, -0.15) is 13.2 Å². The first-order valence-electron chi connectivity index (χ1n) is 19.4. The fourth-order valence-electron chi connectivity index (χ4n) is 8.15. The Labute approximate surface area is 333 Å². The van der Waals surface area contributed by atoms with E-state index in [9.17, 15) is 45.9 Å². The van der Waals surface area contributed by atoms with E-state index in [4.69, 9.17) is 9.47 Å². The molecule has 2 aliphatic heterocycles. The molecule has 14 nitrogen and oxygen atoms in total. The number of hydrogen-bond acceptors (Lipinski definition) is 9. The van der Waals surface area contributed by atoms with Crippen LogP contribution in [0.5, 0.6) is 11.6 Å². The molecule has 1 aromatic carbocycles. The van der Waals surface area contributed by atoms with Gasteiger partial charge in [-0.25, -0.2) is 22.6 Å². The molecule has 2 saturated carbocycles. The van der Waals surface area contributed by atoms with Crippen LogP contribution in [0.1, 0.15) is 79.6 Å². The molecule has 0 unspecified atom stereocenters. The molecule has 58 heavy (non-hydrogen) atoms. The first-order valence-corrected chi connectivity index (χ1v) is 21.0. The zero-order valence-electron chi connectivity index (χ0n) is 32.8. The number of carbonyl (C=O) groups excluding carboxylic acids is 3. The summed E-state index contributed by atoms with van der Waals surface area (Å²) in [6.07, 6.45) is -1.81. The Bertz CT molecular complexity index is 2100. The maximum atomic E-state index is 15.1. The van der Waals surface area contributed by atoms with Gasteiger partial charge < -0.3 is 24.8 Å². The van der Waals surface area contributed by atoms with E-state index in [2.05, 4.69) is 15.0 Å². The Balaban J connectivity index is 1.42. The summed E-state index contributed by atoms with van der Waals surface area (Å²) in [5, 5.41) is 13.1. The minimum Gasteiger partial charge on any atom is -0.491 e. The summed E-state index contributed by atoms with van der Waals surface area (Å²) in [6, 6.07) is 0.705. The maximum absolute atomic E-state index is 15.1. The van der Waals surface area contributed by atoms with Gasteiger partial charge in [0.1, 0.15) is 29.3 Å². The van der Waals surface area contributed by atoms with Gasteiger partial charge in [0, 0.05) is 23.9 Å². The van der Waals surface area contributed by atoms with Crippen molar-refractivity contribution < 1.29 is 59.7 Å². The van der Waals surface area contributed by atoms with E-state index in [0.29, 0.717) is 44.9 Å². The molecule has 3 N–H and O–H groups in total. The van der Waals surface area contributed by atoms with Crippen LogP contribution in [0, 0.1) is 23.6 Å². The predicted molar refractivity (Wildman–Crippen MR) is 202 cm³/mol. The molecular weight excluding hydrogens is 791 g/mol. The number of ether oxygens (including phenoxy) is 2. The standard InChI is InChI=1S/C39H49F4N5O9S/c1-6-56-30-16-23-13-14-44-33(27(23)18-28(30)40)57-25-17-29-32(49)45-38(35(51)46-58(54,55)26-11-12-26)19-24(38)10-8-7-9-21(2)15-22(3)31(34(50)47(29)20-25)48(36(52)53)37(4,5)39(41,42)43/h8,10,13-14,16,18,21-22,24-26,29,31H,6-7,9,11-12,15,17,19-20H2,1-5H3,(H,45,49)(H,46,51)(H,52,53)/t21-,22+,24+,25+,29-,31-,38+/m0/s1. The molecular formula is C39H49F4N5O9S. The zero-order chi connectivity index (χ0) is 42.5. The van der Waals surface area contributed by atoms with Gasteiger partial charge in [-0.15, -0.1) is 0 Å². The van der Waals surface area contributed by atoms with Crippen molar-refractivity contribution in [1.29, 1.82) is 0 Å². The van der Waals surface area contributed by atoms with Crippen LogP contribution in [0.4, 0.5) is 22.4 Å². The highest BCUT2D eigenvalue weighted by atomic mass is 32.2. The van der Waals surface area contributed by atoms with Gasteiger partial charge in [0.2, 0.25) is 27.7 Å². The summed E-state index contributed by atoms with van der Waals surface area (Å²) >= 11 is 0. The van der Waals surface area contributed by atoms with Gasteiger partial charge >= 0.3 is 12.3 Å². The molecule has 318 valence electrons. The Morgan fingerprint density at radius 1 is 1.14 bits per heavy atom. The first kappa shape index (κ1) is 42.9. The SMILES string of the molecule is CCOc1cc2ccnc(O[C@@H]3C[C@H]4C(=O)N[C@]5(C(=O)NS(=O)(=O)C6CC6)C[C@H]5C=CCC[C@H](C)C[C@@H](C)[C@H](N(C(=O)O)C(C)(C)C(F)(F)F)C(=O)N4C3)c2cc1F. The first-order chi connectivity index (χ1) is 27.1. The second kappa shape index (κ2) is 15.8. The van der Waals surface area contributed by atoms with Crippen molar-refractivity contribution >= 4 is 44.6 Å². The Kier molecular flexibility index (Phi) is 11.7. The molecule has 2 aliphatic carbocycles. The third-order valence-electron chi connectivity index (χ3n) is 11.7. The van der Waals surface area contributed by atoms with Crippen LogP contribution < -0.4 is 19.5 Å². The van der Waals surface area contributed by atoms with Crippen LogP contribution in [-0.4, -0.2) is 106 Å². The molecule has 6 rings (SSSR count). The van der Waals surface area contributed by atoms with Crippen molar-refractivity contribution in [1.82, 2.24) is 24.8 Å². The molecule has 4 amide bonds. The molecule has 3 fully saturated rings. The number of nitrogens with zero attached hydrogens (tertiary/aromatic N) is 3. The molecule has 1 saturated heterocycles. The summed E-state index contributed by atoms with van der Waals surface area (Å²) in [5.41, 5.74) is -4.80. The highest BCUT2D eigenvalue weighted by Crippen LogP contribution is 2.47. The summed E-state index contributed by atoms with van der Waals surface area (Å²) in [4.78, 5) is 61.4. The number of sulfonamides is 1.